The summed E-state index contributed by atoms with van der Waals surface area (Å²) in [5.74, 6) is 0.0859. The third-order valence-corrected chi connectivity index (χ3v) is 4.59. The highest BCUT2D eigenvalue weighted by atomic mass is 35.5. The van der Waals surface area contributed by atoms with Crippen molar-refractivity contribution in [1.82, 2.24) is 9.80 Å². The molecule has 1 aliphatic rings. The van der Waals surface area contributed by atoms with E-state index in [1.165, 1.54) is 0 Å². The Kier molecular flexibility index (Phi) is 8.96. The summed E-state index contributed by atoms with van der Waals surface area (Å²) in [5.41, 5.74) is 8.18. The number of hydrogen-bond acceptors (Lipinski definition) is 3. The quantitative estimate of drug-likeness (QED) is 0.839. The van der Waals surface area contributed by atoms with Crippen LogP contribution in [0.25, 0.3) is 0 Å². The molecule has 132 valence electrons. The molecule has 0 atom stereocenters. The monoisotopic (exact) mass is 361 g/mol. The molecule has 0 aromatic heterocycles. The van der Waals surface area contributed by atoms with E-state index in [1.54, 1.807) is 6.07 Å². The van der Waals surface area contributed by atoms with Gasteiger partial charge in [-0.2, -0.15) is 0 Å². The van der Waals surface area contributed by atoms with Gasteiger partial charge in [-0.25, -0.2) is 0 Å². The molecule has 1 amide bonds. The number of aryl methyl sites for hydroxylation is 1. The molecule has 4 nitrogen and oxygen atoms in total. The SMILES string of the molecule is Cc1ccc(N)cc1C(=O)N(C)C1CCN(C(C)C)CC1.Cl.Cl. The lowest BCUT2D eigenvalue weighted by molar-refractivity contribution is 0.0614. The van der Waals surface area contributed by atoms with Crippen LogP contribution in [0.2, 0.25) is 0 Å². The number of amides is 1. The number of hydrogen-bond donors (Lipinski definition) is 1. The van der Waals surface area contributed by atoms with Crippen molar-refractivity contribution in [2.75, 3.05) is 25.9 Å². The van der Waals surface area contributed by atoms with Gasteiger partial charge in [0, 0.05) is 43.5 Å². The van der Waals surface area contributed by atoms with Crippen LogP contribution in [0, 0.1) is 6.92 Å². The zero-order chi connectivity index (χ0) is 15.6. The summed E-state index contributed by atoms with van der Waals surface area (Å²) >= 11 is 0. The van der Waals surface area contributed by atoms with Crippen molar-refractivity contribution in [2.45, 2.75) is 45.7 Å². The maximum Gasteiger partial charge on any atom is 0.254 e. The summed E-state index contributed by atoms with van der Waals surface area (Å²) in [6.45, 7) is 8.55. The molecule has 1 heterocycles. The number of carbonyl (C=O) groups is 1. The Balaban J connectivity index is 0.00000242. The van der Waals surface area contributed by atoms with E-state index in [-0.39, 0.29) is 30.7 Å². The van der Waals surface area contributed by atoms with Crippen molar-refractivity contribution < 1.29 is 4.79 Å². The number of rotatable bonds is 3. The fourth-order valence-corrected chi connectivity index (χ4v) is 3.02. The van der Waals surface area contributed by atoms with Crippen LogP contribution >= 0.6 is 24.8 Å². The minimum atomic E-state index is 0. The number of anilines is 1. The largest absolute Gasteiger partial charge is 0.399 e. The molecular weight excluding hydrogens is 333 g/mol. The lowest BCUT2D eigenvalue weighted by Gasteiger charge is -2.38. The van der Waals surface area contributed by atoms with Crippen molar-refractivity contribution >= 4 is 36.4 Å². The van der Waals surface area contributed by atoms with E-state index in [4.69, 9.17) is 5.73 Å². The van der Waals surface area contributed by atoms with Crippen LogP contribution < -0.4 is 5.73 Å². The Morgan fingerprint density at radius 2 is 1.83 bits per heavy atom. The Labute approximate surface area is 152 Å². The Morgan fingerprint density at radius 1 is 1.26 bits per heavy atom. The van der Waals surface area contributed by atoms with Crippen LogP contribution in [-0.2, 0) is 0 Å². The predicted molar refractivity (Wildman–Crippen MR) is 102 cm³/mol. The fraction of sp³-hybridized carbons (Fsp3) is 0.588. The molecule has 1 aromatic carbocycles. The summed E-state index contributed by atoms with van der Waals surface area (Å²) in [6, 6.07) is 6.46. The van der Waals surface area contributed by atoms with Crippen molar-refractivity contribution in [3.05, 3.63) is 29.3 Å². The van der Waals surface area contributed by atoms with E-state index in [9.17, 15) is 4.79 Å². The van der Waals surface area contributed by atoms with Crippen molar-refractivity contribution in [3.63, 3.8) is 0 Å². The number of nitrogen functional groups attached to an aromatic ring is 1. The lowest BCUT2D eigenvalue weighted by Crippen LogP contribution is -2.47. The molecule has 1 aromatic rings. The van der Waals surface area contributed by atoms with Gasteiger partial charge in [0.15, 0.2) is 0 Å². The van der Waals surface area contributed by atoms with Gasteiger partial charge in [-0.3, -0.25) is 4.79 Å². The smallest absolute Gasteiger partial charge is 0.254 e. The maximum absolute atomic E-state index is 12.7. The van der Waals surface area contributed by atoms with Gasteiger partial charge >= 0.3 is 0 Å². The summed E-state index contributed by atoms with van der Waals surface area (Å²) in [7, 11) is 1.92. The van der Waals surface area contributed by atoms with Gasteiger partial charge in [-0.1, -0.05) is 6.07 Å². The molecule has 2 N–H and O–H groups in total. The highest BCUT2D eigenvalue weighted by Crippen LogP contribution is 2.21. The Bertz CT molecular complexity index is 515. The number of nitrogens with two attached hydrogens (primary N) is 1. The zero-order valence-electron chi connectivity index (χ0n) is 14.4. The molecule has 2 rings (SSSR count). The van der Waals surface area contributed by atoms with Gasteiger partial charge in [0.25, 0.3) is 5.91 Å². The third kappa shape index (κ3) is 5.27. The first-order chi connectivity index (χ1) is 9.90. The molecule has 0 radical (unpaired) electrons. The molecule has 0 bridgehead atoms. The molecule has 0 aliphatic carbocycles. The van der Waals surface area contributed by atoms with E-state index in [2.05, 4.69) is 18.7 Å². The molecule has 0 unspecified atom stereocenters. The van der Waals surface area contributed by atoms with Crippen LogP contribution in [-0.4, -0.2) is 47.9 Å². The normalized spacial score (nSPS) is 15.7. The number of carbonyl (C=O) groups excluding carboxylic acids is 1. The first kappa shape index (κ1) is 22.0. The highest BCUT2D eigenvalue weighted by Gasteiger charge is 2.27. The number of piperidine rings is 1. The minimum absolute atomic E-state index is 0. The van der Waals surface area contributed by atoms with E-state index in [0.717, 1.165) is 37.1 Å². The average molecular weight is 362 g/mol. The lowest BCUT2D eigenvalue weighted by atomic mass is 10.00. The second kappa shape index (κ2) is 9.36. The summed E-state index contributed by atoms with van der Waals surface area (Å²) in [4.78, 5) is 17.1. The van der Waals surface area contributed by atoms with Gasteiger partial charge in [-0.15, -0.1) is 24.8 Å². The van der Waals surface area contributed by atoms with Crippen LogP contribution in [0.3, 0.4) is 0 Å². The summed E-state index contributed by atoms with van der Waals surface area (Å²) < 4.78 is 0. The van der Waals surface area contributed by atoms with Crippen molar-refractivity contribution in [3.8, 4) is 0 Å². The second-order valence-corrected chi connectivity index (χ2v) is 6.35. The topological polar surface area (TPSA) is 49.6 Å². The summed E-state index contributed by atoms with van der Waals surface area (Å²) in [6.07, 6.45) is 2.09. The van der Waals surface area contributed by atoms with Gasteiger partial charge in [0.1, 0.15) is 0 Å². The Morgan fingerprint density at radius 3 is 2.35 bits per heavy atom. The molecule has 23 heavy (non-hydrogen) atoms. The van der Waals surface area contributed by atoms with Crippen molar-refractivity contribution in [1.29, 1.82) is 0 Å². The minimum Gasteiger partial charge on any atom is -0.399 e. The molecule has 0 spiro atoms. The zero-order valence-corrected chi connectivity index (χ0v) is 16.0. The maximum atomic E-state index is 12.7. The van der Waals surface area contributed by atoms with Gasteiger partial charge < -0.3 is 15.5 Å². The Hall–Kier alpha value is -0.970. The molecule has 1 fully saturated rings. The molecule has 1 aliphatic heterocycles. The van der Waals surface area contributed by atoms with Crippen molar-refractivity contribution in [2.24, 2.45) is 0 Å². The predicted octanol–water partition coefficient (Wildman–Crippen LogP) is 3.37. The molecule has 0 saturated carbocycles. The van der Waals surface area contributed by atoms with E-state index >= 15 is 0 Å². The first-order valence-corrected chi connectivity index (χ1v) is 7.77. The molecular formula is C17H29Cl2N3O. The first-order valence-electron chi connectivity index (χ1n) is 7.77. The number of nitrogens with zero attached hydrogens (tertiary/aromatic N) is 2. The highest BCUT2D eigenvalue weighted by molar-refractivity contribution is 5.96. The molecule has 1 saturated heterocycles. The van der Waals surface area contributed by atoms with Gasteiger partial charge in [-0.05, 0) is 51.3 Å². The van der Waals surface area contributed by atoms with Gasteiger partial charge in [0.05, 0.1) is 0 Å². The third-order valence-electron chi connectivity index (χ3n) is 4.59. The van der Waals surface area contributed by atoms with E-state index in [1.807, 2.05) is 31.0 Å². The van der Waals surface area contributed by atoms with E-state index in [0.29, 0.717) is 17.8 Å². The standard InChI is InChI=1S/C17H27N3O.2ClH/c1-12(2)20-9-7-15(8-10-20)19(4)17(21)16-11-14(18)6-5-13(16)3;;/h5-6,11-12,15H,7-10,18H2,1-4H3;2*1H. The summed E-state index contributed by atoms with van der Waals surface area (Å²) in [5, 5.41) is 0. The fourth-order valence-electron chi connectivity index (χ4n) is 3.02. The molecule has 6 heteroatoms. The average Bonchev–Trinajstić information content (AvgIpc) is 2.48. The van der Waals surface area contributed by atoms with Gasteiger partial charge in [0.2, 0.25) is 0 Å². The van der Waals surface area contributed by atoms with Crippen LogP contribution in [0.5, 0.6) is 0 Å². The van der Waals surface area contributed by atoms with Crippen LogP contribution in [0.4, 0.5) is 5.69 Å². The number of halogens is 2. The van der Waals surface area contributed by atoms with Crippen LogP contribution in [0.1, 0.15) is 42.6 Å². The number of benzene rings is 1. The van der Waals surface area contributed by atoms with Crippen LogP contribution in [0.15, 0.2) is 18.2 Å². The number of likely N-dealkylation sites (tertiary alicyclic amines) is 1. The second-order valence-electron chi connectivity index (χ2n) is 6.35. The van der Waals surface area contributed by atoms with E-state index < -0.39 is 0 Å².